The molecule has 3 rings (SSSR count). The Morgan fingerprint density at radius 3 is 2.76 bits per heavy atom. The number of hydrogen-bond donors (Lipinski definition) is 1. The number of fused-ring (bicyclic) bond motifs is 1. The topological polar surface area (TPSA) is 42.7 Å². The van der Waals surface area contributed by atoms with Crippen molar-refractivity contribution in [1.29, 1.82) is 0 Å². The van der Waals surface area contributed by atoms with Crippen molar-refractivity contribution in [3.05, 3.63) is 60.2 Å². The van der Waals surface area contributed by atoms with E-state index >= 15 is 0 Å². The van der Waals surface area contributed by atoms with Crippen LogP contribution in [0.4, 0.5) is 8.78 Å². The van der Waals surface area contributed by atoms with Crippen molar-refractivity contribution in [2.75, 3.05) is 6.54 Å². The van der Waals surface area contributed by atoms with Crippen LogP contribution in [0.3, 0.4) is 0 Å². The summed E-state index contributed by atoms with van der Waals surface area (Å²) in [5.41, 5.74) is 2.01. The summed E-state index contributed by atoms with van der Waals surface area (Å²) in [4.78, 5) is 8.29. The zero-order valence-corrected chi connectivity index (χ0v) is 11.3. The van der Waals surface area contributed by atoms with Gasteiger partial charge in [-0.3, -0.25) is 4.98 Å². The molecule has 0 atom stereocenters. The SMILES string of the molecule is Fc1cc2ncn(CCNCc3ccccn3)c2cc1F. The molecule has 0 aliphatic heterocycles. The van der Waals surface area contributed by atoms with Crippen molar-refractivity contribution in [2.45, 2.75) is 13.1 Å². The van der Waals surface area contributed by atoms with E-state index in [4.69, 9.17) is 0 Å². The van der Waals surface area contributed by atoms with Gasteiger partial charge in [-0.1, -0.05) is 6.07 Å². The first-order valence-corrected chi connectivity index (χ1v) is 6.64. The van der Waals surface area contributed by atoms with Crippen LogP contribution in [0.5, 0.6) is 0 Å². The van der Waals surface area contributed by atoms with Gasteiger partial charge in [0.15, 0.2) is 11.6 Å². The molecule has 0 fully saturated rings. The first-order valence-electron chi connectivity index (χ1n) is 6.64. The molecule has 0 aliphatic rings. The van der Waals surface area contributed by atoms with Gasteiger partial charge in [-0.05, 0) is 12.1 Å². The maximum atomic E-state index is 13.3. The zero-order valence-electron chi connectivity index (χ0n) is 11.3. The smallest absolute Gasteiger partial charge is 0.161 e. The Hall–Kier alpha value is -2.34. The van der Waals surface area contributed by atoms with E-state index in [-0.39, 0.29) is 0 Å². The van der Waals surface area contributed by atoms with E-state index in [2.05, 4.69) is 15.3 Å². The van der Waals surface area contributed by atoms with Crippen LogP contribution >= 0.6 is 0 Å². The minimum Gasteiger partial charge on any atom is -0.329 e. The summed E-state index contributed by atoms with van der Waals surface area (Å²) in [5.74, 6) is -1.73. The highest BCUT2D eigenvalue weighted by molar-refractivity contribution is 5.75. The van der Waals surface area contributed by atoms with Gasteiger partial charge in [-0.25, -0.2) is 13.8 Å². The van der Waals surface area contributed by atoms with Crippen molar-refractivity contribution >= 4 is 11.0 Å². The Kier molecular flexibility index (Phi) is 3.87. The summed E-state index contributed by atoms with van der Waals surface area (Å²) in [6.45, 7) is 1.96. The Morgan fingerprint density at radius 1 is 1.10 bits per heavy atom. The minimum absolute atomic E-state index is 0.457. The van der Waals surface area contributed by atoms with Crippen LogP contribution in [0.2, 0.25) is 0 Å². The van der Waals surface area contributed by atoms with E-state index in [0.29, 0.717) is 30.7 Å². The molecule has 0 bridgehead atoms. The summed E-state index contributed by atoms with van der Waals surface area (Å²) in [7, 11) is 0. The zero-order chi connectivity index (χ0) is 14.7. The van der Waals surface area contributed by atoms with E-state index in [1.54, 1.807) is 17.1 Å². The molecule has 3 aromatic rings. The molecule has 0 amide bonds. The Morgan fingerprint density at radius 2 is 1.95 bits per heavy atom. The van der Waals surface area contributed by atoms with E-state index in [1.807, 2.05) is 18.2 Å². The minimum atomic E-state index is -0.874. The monoisotopic (exact) mass is 288 g/mol. The normalized spacial score (nSPS) is 11.1. The molecule has 0 saturated carbocycles. The fourth-order valence-corrected chi connectivity index (χ4v) is 2.15. The first-order chi connectivity index (χ1) is 10.2. The summed E-state index contributed by atoms with van der Waals surface area (Å²) in [6.07, 6.45) is 3.34. The van der Waals surface area contributed by atoms with E-state index < -0.39 is 11.6 Å². The number of aromatic nitrogens is 3. The standard InChI is InChI=1S/C15H14F2N4/c16-12-7-14-15(8-13(12)17)21(10-20-14)6-5-18-9-11-3-1-2-4-19-11/h1-4,7-8,10,18H,5-6,9H2. The number of rotatable bonds is 5. The molecule has 4 nitrogen and oxygen atoms in total. The summed E-state index contributed by atoms with van der Waals surface area (Å²) < 4.78 is 28.2. The quantitative estimate of drug-likeness (QED) is 0.734. The molecule has 1 aromatic carbocycles. The molecule has 0 spiro atoms. The Balaban J connectivity index is 1.62. The number of nitrogens with zero attached hydrogens (tertiary/aromatic N) is 3. The molecule has 0 aliphatic carbocycles. The third-order valence-corrected chi connectivity index (χ3v) is 3.22. The molecule has 0 unspecified atom stereocenters. The number of halogens is 2. The second-order valence-electron chi connectivity index (χ2n) is 4.69. The van der Waals surface area contributed by atoms with Crippen molar-refractivity contribution in [3.63, 3.8) is 0 Å². The number of pyridine rings is 1. The number of hydrogen-bond acceptors (Lipinski definition) is 3. The van der Waals surface area contributed by atoms with Crippen molar-refractivity contribution in [2.24, 2.45) is 0 Å². The van der Waals surface area contributed by atoms with Gasteiger partial charge in [-0.2, -0.15) is 0 Å². The predicted molar refractivity (Wildman–Crippen MR) is 75.6 cm³/mol. The second-order valence-corrected chi connectivity index (χ2v) is 4.69. The van der Waals surface area contributed by atoms with Gasteiger partial charge in [0.1, 0.15) is 0 Å². The average molecular weight is 288 g/mol. The molecule has 6 heteroatoms. The maximum absolute atomic E-state index is 13.3. The van der Waals surface area contributed by atoms with Crippen LogP contribution in [0.15, 0.2) is 42.9 Å². The molecule has 2 aromatic heterocycles. The van der Waals surface area contributed by atoms with Gasteiger partial charge < -0.3 is 9.88 Å². The third-order valence-electron chi connectivity index (χ3n) is 3.22. The lowest BCUT2D eigenvalue weighted by Gasteiger charge is -2.06. The van der Waals surface area contributed by atoms with Crippen LogP contribution in [-0.4, -0.2) is 21.1 Å². The highest BCUT2D eigenvalue weighted by Gasteiger charge is 2.08. The molecule has 1 N–H and O–H groups in total. The largest absolute Gasteiger partial charge is 0.329 e. The highest BCUT2D eigenvalue weighted by atomic mass is 19.2. The van der Waals surface area contributed by atoms with Crippen molar-refractivity contribution in [3.8, 4) is 0 Å². The third kappa shape index (κ3) is 3.05. The van der Waals surface area contributed by atoms with Crippen LogP contribution in [0.25, 0.3) is 11.0 Å². The van der Waals surface area contributed by atoms with Crippen LogP contribution in [0.1, 0.15) is 5.69 Å². The second kappa shape index (κ2) is 5.97. The highest BCUT2D eigenvalue weighted by Crippen LogP contribution is 2.17. The van der Waals surface area contributed by atoms with Gasteiger partial charge in [0.05, 0.1) is 23.1 Å². The van der Waals surface area contributed by atoms with Gasteiger partial charge in [-0.15, -0.1) is 0 Å². The molecule has 21 heavy (non-hydrogen) atoms. The maximum Gasteiger partial charge on any atom is 0.161 e. The number of benzene rings is 1. The lowest BCUT2D eigenvalue weighted by Crippen LogP contribution is -2.19. The molecule has 0 saturated heterocycles. The molecular weight excluding hydrogens is 274 g/mol. The van der Waals surface area contributed by atoms with Gasteiger partial charge in [0.25, 0.3) is 0 Å². The summed E-state index contributed by atoms with van der Waals surface area (Å²) in [5, 5.41) is 3.25. The number of nitrogens with one attached hydrogen (secondary N) is 1. The van der Waals surface area contributed by atoms with E-state index in [0.717, 1.165) is 11.8 Å². The van der Waals surface area contributed by atoms with Gasteiger partial charge in [0.2, 0.25) is 0 Å². The van der Waals surface area contributed by atoms with Crippen LogP contribution in [0, 0.1) is 11.6 Å². The molecule has 108 valence electrons. The predicted octanol–water partition coefficient (Wildman–Crippen LogP) is 2.50. The molecule has 0 radical (unpaired) electrons. The Bertz CT molecular complexity index is 740. The number of imidazole rings is 1. The van der Waals surface area contributed by atoms with Crippen molar-refractivity contribution in [1.82, 2.24) is 19.9 Å². The molecule has 2 heterocycles. The fraction of sp³-hybridized carbons (Fsp3) is 0.200. The van der Waals surface area contributed by atoms with E-state index in [9.17, 15) is 8.78 Å². The molecular formula is C15H14F2N4. The lowest BCUT2D eigenvalue weighted by molar-refractivity contribution is 0.510. The van der Waals surface area contributed by atoms with Gasteiger partial charge >= 0.3 is 0 Å². The van der Waals surface area contributed by atoms with Crippen molar-refractivity contribution < 1.29 is 8.78 Å². The fourth-order valence-electron chi connectivity index (χ4n) is 2.15. The van der Waals surface area contributed by atoms with Crippen LogP contribution in [-0.2, 0) is 13.1 Å². The summed E-state index contributed by atoms with van der Waals surface area (Å²) in [6, 6.07) is 8.04. The first kappa shape index (κ1) is 13.6. The van der Waals surface area contributed by atoms with Gasteiger partial charge in [0, 0.05) is 38.0 Å². The average Bonchev–Trinajstić information content (AvgIpc) is 2.87. The van der Waals surface area contributed by atoms with Crippen LogP contribution < -0.4 is 5.32 Å². The summed E-state index contributed by atoms with van der Waals surface area (Å²) >= 11 is 0. The van der Waals surface area contributed by atoms with E-state index in [1.165, 1.54) is 6.07 Å². The lowest BCUT2D eigenvalue weighted by atomic mass is 10.3. The Labute approximate surface area is 120 Å².